The molecule has 4 nitrogen and oxygen atoms in total. The number of aromatic nitrogens is 2. The first kappa shape index (κ1) is 13.7. The molecule has 0 amide bonds. The predicted octanol–water partition coefficient (Wildman–Crippen LogP) is 1.64. The van der Waals surface area contributed by atoms with Crippen LogP contribution in [-0.4, -0.2) is 34.1 Å². The molecule has 5 heteroatoms. The molecule has 0 aliphatic heterocycles. The van der Waals surface area contributed by atoms with Gasteiger partial charge in [0.2, 0.25) is 0 Å². The molecule has 0 radical (unpaired) electrons. The lowest BCUT2D eigenvalue weighted by molar-refractivity contribution is 0.257. The average Bonchev–Trinajstić information content (AvgIpc) is 2.61. The highest BCUT2D eigenvalue weighted by molar-refractivity contribution is 9.10. The quantitative estimate of drug-likeness (QED) is 0.802. The Bertz CT molecular complexity index is 303. The number of rotatable bonds is 7. The van der Waals surface area contributed by atoms with E-state index >= 15 is 0 Å². The highest BCUT2D eigenvalue weighted by Crippen LogP contribution is 2.06. The van der Waals surface area contributed by atoms with Gasteiger partial charge in [-0.15, -0.1) is 0 Å². The molecular weight excluding hydrogens is 270 g/mol. The standard InChI is InChI=1S/C11H20BrN3O/c1-9(3-4-16)5-13-10(2)7-15-8-11(12)6-14-15/h6,8-10,13,16H,3-5,7H2,1-2H3. The van der Waals surface area contributed by atoms with Crippen molar-refractivity contribution >= 4 is 15.9 Å². The van der Waals surface area contributed by atoms with Gasteiger partial charge in [-0.1, -0.05) is 6.92 Å². The molecule has 1 aromatic heterocycles. The van der Waals surface area contributed by atoms with Crippen LogP contribution in [0, 0.1) is 5.92 Å². The normalized spacial score (nSPS) is 15.0. The van der Waals surface area contributed by atoms with Crippen LogP contribution >= 0.6 is 15.9 Å². The number of halogens is 1. The van der Waals surface area contributed by atoms with E-state index in [2.05, 4.69) is 40.2 Å². The molecule has 0 bridgehead atoms. The molecule has 16 heavy (non-hydrogen) atoms. The van der Waals surface area contributed by atoms with E-state index in [9.17, 15) is 0 Å². The second-order valence-corrected chi connectivity index (χ2v) is 5.22. The fourth-order valence-corrected chi connectivity index (χ4v) is 1.84. The summed E-state index contributed by atoms with van der Waals surface area (Å²) in [7, 11) is 0. The van der Waals surface area contributed by atoms with Crippen LogP contribution < -0.4 is 5.32 Å². The van der Waals surface area contributed by atoms with Crippen LogP contribution in [0.15, 0.2) is 16.9 Å². The summed E-state index contributed by atoms with van der Waals surface area (Å²) in [5.41, 5.74) is 0. The largest absolute Gasteiger partial charge is 0.396 e. The third-order valence-corrected chi connectivity index (χ3v) is 2.91. The molecule has 1 heterocycles. The van der Waals surface area contributed by atoms with Crippen molar-refractivity contribution in [2.45, 2.75) is 32.9 Å². The summed E-state index contributed by atoms with van der Waals surface area (Å²) >= 11 is 3.37. The van der Waals surface area contributed by atoms with Gasteiger partial charge in [0, 0.05) is 18.8 Å². The van der Waals surface area contributed by atoms with Crippen molar-refractivity contribution in [3.8, 4) is 0 Å². The Labute approximate surface area is 105 Å². The van der Waals surface area contributed by atoms with Crippen LogP contribution in [0.4, 0.5) is 0 Å². The maximum absolute atomic E-state index is 8.79. The number of hydrogen-bond acceptors (Lipinski definition) is 3. The van der Waals surface area contributed by atoms with E-state index in [1.54, 1.807) is 6.20 Å². The number of hydrogen-bond donors (Lipinski definition) is 2. The highest BCUT2D eigenvalue weighted by atomic mass is 79.9. The van der Waals surface area contributed by atoms with Gasteiger partial charge >= 0.3 is 0 Å². The molecule has 0 spiro atoms. The molecule has 1 aromatic rings. The van der Waals surface area contributed by atoms with Gasteiger partial charge in [0.15, 0.2) is 0 Å². The SMILES string of the molecule is CC(CCO)CNC(C)Cn1cc(Br)cn1. The zero-order valence-electron chi connectivity index (χ0n) is 9.86. The summed E-state index contributed by atoms with van der Waals surface area (Å²) in [6, 6.07) is 0.382. The topological polar surface area (TPSA) is 50.1 Å². The van der Waals surface area contributed by atoms with Gasteiger partial charge in [0.05, 0.1) is 17.2 Å². The first-order valence-electron chi connectivity index (χ1n) is 5.64. The monoisotopic (exact) mass is 289 g/mol. The van der Waals surface area contributed by atoms with Crippen molar-refractivity contribution in [3.05, 3.63) is 16.9 Å². The molecule has 0 fully saturated rings. The molecule has 0 aliphatic rings. The first-order valence-corrected chi connectivity index (χ1v) is 6.43. The molecule has 1 rings (SSSR count). The smallest absolute Gasteiger partial charge is 0.0632 e. The van der Waals surface area contributed by atoms with Crippen LogP contribution in [0.3, 0.4) is 0 Å². The van der Waals surface area contributed by atoms with Crippen molar-refractivity contribution in [1.82, 2.24) is 15.1 Å². The van der Waals surface area contributed by atoms with E-state index in [1.165, 1.54) is 0 Å². The summed E-state index contributed by atoms with van der Waals surface area (Å²) in [5.74, 6) is 0.511. The van der Waals surface area contributed by atoms with Gasteiger partial charge < -0.3 is 10.4 Å². The van der Waals surface area contributed by atoms with Gasteiger partial charge in [-0.25, -0.2) is 0 Å². The zero-order valence-corrected chi connectivity index (χ0v) is 11.4. The zero-order chi connectivity index (χ0) is 12.0. The van der Waals surface area contributed by atoms with Crippen molar-refractivity contribution in [3.63, 3.8) is 0 Å². The number of aliphatic hydroxyl groups excluding tert-OH is 1. The lowest BCUT2D eigenvalue weighted by Gasteiger charge is -2.17. The molecule has 2 N–H and O–H groups in total. The lowest BCUT2D eigenvalue weighted by Crippen LogP contribution is -2.34. The van der Waals surface area contributed by atoms with Gasteiger partial charge in [-0.3, -0.25) is 4.68 Å². The van der Waals surface area contributed by atoms with Gasteiger partial charge in [0.25, 0.3) is 0 Å². The maximum Gasteiger partial charge on any atom is 0.0632 e. The molecule has 0 saturated heterocycles. The van der Waals surface area contributed by atoms with Crippen molar-refractivity contribution in [1.29, 1.82) is 0 Å². The maximum atomic E-state index is 8.79. The Balaban J connectivity index is 2.23. The molecule has 2 atom stereocenters. The predicted molar refractivity (Wildman–Crippen MR) is 68.3 cm³/mol. The van der Waals surface area contributed by atoms with Crippen LogP contribution in [-0.2, 0) is 6.54 Å². The molecule has 2 unspecified atom stereocenters. The van der Waals surface area contributed by atoms with Crippen LogP contribution in [0.1, 0.15) is 20.3 Å². The average molecular weight is 290 g/mol. The van der Waals surface area contributed by atoms with E-state index in [1.807, 2.05) is 10.9 Å². The second kappa shape index (κ2) is 7.04. The van der Waals surface area contributed by atoms with E-state index in [4.69, 9.17) is 5.11 Å². The minimum atomic E-state index is 0.267. The Morgan fingerprint density at radius 1 is 1.56 bits per heavy atom. The lowest BCUT2D eigenvalue weighted by atomic mass is 10.1. The van der Waals surface area contributed by atoms with Crippen molar-refractivity contribution < 1.29 is 5.11 Å². The van der Waals surface area contributed by atoms with E-state index < -0.39 is 0 Å². The Hall–Kier alpha value is -0.390. The Morgan fingerprint density at radius 3 is 2.88 bits per heavy atom. The molecule has 0 aromatic carbocycles. The third kappa shape index (κ3) is 5.09. The Kier molecular flexibility index (Phi) is 6.01. The minimum absolute atomic E-state index is 0.267. The first-order chi connectivity index (χ1) is 7.61. The van der Waals surface area contributed by atoms with Crippen molar-refractivity contribution in [2.75, 3.05) is 13.2 Å². The summed E-state index contributed by atoms with van der Waals surface area (Å²) in [6.07, 6.45) is 4.61. The fourth-order valence-electron chi connectivity index (χ4n) is 1.51. The number of aliphatic hydroxyl groups is 1. The summed E-state index contributed by atoms with van der Waals surface area (Å²) in [4.78, 5) is 0. The van der Waals surface area contributed by atoms with E-state index in [0.29, 0.717) is 12.0 Å². The molecule has 92 valence electrons. The third-order valence-electron chi connectivity index (χ3n) is 2.50. The summed E-state index contributed by atoms with van der Waals surface area (Å²) in [5, 5.41) is 16.4. The van der Waals surface area contributed by atoms with Gasteiger partial charge in [-0.05, 0) is 41.7 Å². The summed E-state index contributed by atoms with van der Waals surface area (Å²) < 4.78 is 2.92. The van der Waals surface area contributed by atoms with Crippen molar-refractivity contribution in [2.24, 2.45) is 5.92 Å². The van der Waals surface area contributed by atoms with Crippen LogP contribution in [0.25, 0.3) is 0 Å². The molecule has 0 aliphatic carbocycles. The Morgan fingerprint density at radius 2 is 2.31 bits per heavy atom. The molecule has 0 saturated carbocycles. The van der Waals surface area contributed by atoms with Crippen LogP contribution in [0.5, 0.6) is 0 Å². The van der Waals surface area contributed by atoms with E-state index in [0.717, 1.165) is 24.0 Å². The minimum Gasteiger partial charge on any atom is -0.396 e. The molecular formula is C11H20BrN3O. The summed E-state index contributed by atoms with van der Waals surface area (Å²) in [6.45, 7) is 6.34. The van der Waals surface area contributed by atoms with E-state index in [-0.39, 0.29) is 6.61 Å². The second-order valence-electron chi connectivity index (χ2n) is 4.31. The van der Waals surface area contributed by atoms with Crippen LogP contribution in [0.2, 0.25) is 0 Å². The van der Waals surface area contributed by atoms with Gasteiger partial charge in [0.1, 0.15) is 0 Å². The number of nitrogens with one attached hydrogen (secondary N) is 1. The fraction of sp³-hybridized carbons (Fsp3) is 0.727. The number of nitrogens with zero attached hydrogens (tertiary/aromatic N) is 2. The van der Waals surface area contributed by atoms with Gasteiger partial charge in [-0.2, -0.15) is 5.10 Å². The highest BCUT2D eigenvalue weighted by Gasteiger charge is 2.06.